The molecule has 0 aromatic heterocycles. The van der Waals surface area contributed by atoms with Crippen molar-refractivity contribution in [3.8, 4) is 23.0 Å². The van der Waals surface area contributed by atoms with Gasteiger partial charge in [0.15, 0.2) is 12.4 Å². The number of nitro groups is 1. The topological polar surface area (TPSA) is 138 Å². The van der Waals surface area contributed by atoms with E-state index >= 15 is 0 Å². The normalized spacial score (nSPS) is 10.1. The molecule has 2 rings (SSSR count). The van der Waals surface area contributed by atoms with Crippen molar-refractivity contribution < 1.29 is 33.5 Å². The number of rotatable bonds is 10. The minimum atomic E-state index is -0.771. The molecule has 0 heterocycles. The Morgan fingerprint density at radius 2 is 1.77 bits per heavy atom. The molecule has 0 radical (unpaired) electrons. The molecule has 0 spiro atoms. The number of anilines is 1. The van der Waals surface area contributed by atoms with Gasteiger partial charge >= 0.3 is 5.69 Å². The van der Waals surface area contributed by atoms with E-state index in [4.69, 9.17) is 18.9 Å². The Morgan fingerprint density at radius 3 is 2.35 bits per heavy atom. The van der Waals surface area contributed by atoms with Crippen LogP contribution in [0.15, 0.2) is 30.3 Å². The number of nitrogens with one attached hydrogen (secondary N) is 2. The van der Waals surface area contributed by atoms with Gasteiger partial charge in [-0.2, -0.15) is 0 Å². The third-order valence-electron chi connectivity index (χ3n) is 4.07. The zero-order valence-corrected chi connectivity index (χ0v) is 17.5. The van der Waals surface area contributed by atoms with E-state index in [2.05, 4.69) is 10.6 Å². The molecule has 11 nitrogen and oxygen atoms in total. The second-order valence-electron chi connectivity index (χ2n) is 6.02. The van der Waals surface area contributed by atoms with E-state index in [9.17, 15) is 19.7 Å². The van der Waals surface area contributed by atoms with E-state index in [1.54, 1.807) is 25.1 Å². The van der Waals surface area contributed by atoms with E-state index in [0.717, 1.165) is 0 Å². The summed E-state index contributed by atoms with van der Waals surface area (Å²) >= 11 is 0. The average Bonchev–Trinajstić information content (AvgIpc) is 2.76. The average molecular weight is 433 g/mol. The Balaban J connectivity index is 2.34. The highest BCUT2D eigenvalue weighted by molar-refractivity contribution is 6.08. The molecule has 0 bridgehead atoms. The molecule has 0 saturated carbocycles. The number of nitro benzene ring substituents is 1. The van der Waals surface area contributed by atoms with Crippen LogP contribution >= 0.6 is 0 Å². The van der Waals surface area contributed by atoms with Crippen LogP contribution in [-0.4, -0.2) is 51.2 Å². The van der Waals surface area contributed by atoms with Crippen molar-refractivity contribution in [3.05, 3.63) is 46.0 Å². The molecule has 0 unspecified atom stereocenters. The molecule has 0 saturated heterocycles. The number of nitrogens with zero attached hydrogens (tertiary/aromatic N) is 1. The van der Waals surface area contributed by atoms with Gasteiger partial charge in [-0.25, -0.2) is 0 Å². The molecule has 2 aromatic rings. The van der Waals surface area contributed by atoms with E-state index in [1.807, 2.05) is 0 Å². The van der Waals surface area contributed by atoms with Crippen LogP contribution < -0.4 is 29.6 Å². The van der Waals surface area contributed by atoms with Gasteiger partial charge in [-0.1, -0.05) is 6.07 Å². The number of ether oxygens (including phenoxy) is 4. The summed E-state index contributed by atoms with van der Waals surface area (Å²) in [4.78, 5) is 35.3. The molecule has 2 N–H and O–H groups in total. The zero-order chi connectivity index (χ0) is 23.0. The second kappa shape index (κ2) is 10.7. The number of carbonyl (C=O) groups is 2. The van der Waals surface area contributed by atoms with Crippen LogP contribution in [0.25, 0.3) is 0 Å². The maximum absolute atomic E-state index is 12.9. The highest BCUT2D eigenvalue weighted by Crippen LogP contribution is 2.46. The summed E-state index contributed by atoms with van der Waals surface area (Å²) in [6.07, 6.45) is 0. The predicted molar refractivity (Wildman–Crippen MR) is 111 cm³/mol. The molecule has 31 heavy (non-hydrogen) atoms. The van der Waals surface area contributed by atoms with Crippen molar-refractivity contribution in [2.45, 2.75) is 6.92 Å². The minimum Gasteiger partial charge on any atom is -0.493 e. The number of likely N-dealkylation sites (N-methyl/N-ethyl adjacent to an activating group) is 1. The Hall–Kier alpha value is -4.02. The lowest BCUT2D eigenvalue weighted by Gasteiger charge is -2.15. The molecule has 0 fully saturated rings. The van der Waals surface area contributed by atoms with E-state index < -0.39 is 16.5 Å². The standard InChI is InChI=1S/C20H23N3O8/c1-5-21-16(24)11-31-13-8-6-7-12(9-13)22-20(25)14-10-15(28-2)18(29-3)19(30-4)17(14)23(26)27/h6-10H,5,11H2,1-4H3,(H,21,24)(H,22,25). The zero-order valence-electron chi connectivity index (χ0n) is 17.5. The van der Waals surface area contributed by atoms with Crippen LogP contribution in [0.4, 0.5) is 11.4 Å². The van der Waals surface area contributed by atoms with Gasteiger partial charge in [0.1, 0.15) is 11.3 Å². The van der Waals surface area contributed by atoms with Crippen LogP contribution in [0.1, 0.15) is 17.3 Å². The fourth-order valence-corrected chi connectivity index (χ4v) is 2.75. The molecular formula is C20H23N3O8. The molecule has 0 atom stereocenters. The fraction of sp³-hybridized carbons (Fsp3) is 0.300. The molecule has 0 aliphatic carbocycles. The van der Waals surface area contributed by atoms with Gasteiger partial charge in [0, 0.05) is 24.4 Å². The summed E-state index contributed by atoms with van der Waals surface area (Å²) in [6, 6.07) is 7.47. The molecule has 0 aliphatic rings. The van der Waals surface area contributed by atoms with Gasteiger partial charge in [0.25, 0.3) is 11.8 Å². The first-order valence-corrected chi connectivity index (χ1v) is 9.14. The number of hydrogen-bond acceptors (Lipinski definition) is 8. The molecule has 2 aromatic carbocycles. The molecule has 0 aliphatic heterocycles. The predicted octanol–water partition coefficient (Wildman–Crippen LogP) is 2.39. The molecule has 2 amide bonds. The Morgan fingerprint density at radius 1 is 1.06 bits per heavy atom. The van der Waals surface area contributed by atoms with Gasteiger partial charge in [-0.15, -0.1) is 0 Å². The third-order valence-corrected chi connectivity index (χ3v) is 4.07. The maximum Gasteiger partial charge on any atom is 0.327 e. The highest BCUT2D eigenvalue weighted by atomic mass is 16.6. The second-order valence-corrected chi connectivity index (χ2v) is 6.02. The summed E-state index contributed by atoms with van der Waals surface area (Å²) in [5.41, 5.74) is -0.545. The van der Waals surface area contributed by atoms with Gasteiger partial charge < -0.3 is 29.6 Å². The quantitative estimate of drug-likeness (QED) is 0.430. The first kappa shape index (κ1) is 23.3. The van der Waals surface area contributed by atoms with Crippen molar-refractivity contribution in [2.24, 2.45) is 0 Å². The van der Waals surface area contributed by atoms with Crippen LogP contribution in [-0.2, 0) is 4.79 Å². The summed E-state index contributed by atoms with van der Waals surface area (Å²) < 4.78 is 20.8. The summed E-state index contributed by atoms with van der Waals surface area (Å²) in [5.74, 6) is -0.876. The van der Waals surface area contributed by atoms with Crippen LogP contribution in [0.2, 0.25) is 0 Å². The van der Waals surface area contributed by atoms with Gasteiger partial charge in [0.2, 0.25) is 11.5 Å². The Bertz CT molecular complexity index is 977. The van der Waals surface area contributed by atoms with Crippen molar-refractivity contribution >= 4 is 23.2 Å². The Labute approximate surface area is 178 Å². The summed E-state index contributed by atoms with van der Waals surface area (Å²) in [6.45, 7) is 2.08. The van der Waals surface area contributed by atoms with Crippen molar-refractivity contribution in [1.29, 1.82) is 0 Å². The number of carbonyl (C=O) groups excluding carboxylic acids is 2. The lowest BCUT2D eigenvalue weighted by Crippen LogP contribution is -2.28. The SMILES string of the molecule is CCNC(=O)COc1cccc(NC(=O)c2cc(OC)c(OC)c(OC)c2[N+](=O)[O-])c1. The lowest BCUT2D eigenvalue weighted by molar-refractivity contribution is -0.386. The van der Waals surface area contributed by atoms with Crippen LogP contribution in [0.5, 0.6) is 23.0 Å². The third kappa shape index (κ3) is 5.53. The van der Waals surface area contributed by atoms with E-state index in [0.29, 0.717) is 18.0 Å². The van der Waals surface area contributed by atoms with Crippen molar-refractivity contribution in [2.75, 3.05) is 39.8 Å². The van der Waals surface area contributed by atoms with Gasteiger partial charge in [-0.05, 0) is 19.1 Å². The first-order chi connectivity index (χ1) is 14.9. The van der Waals surface area contributed by atoms with Gasteiger partial charge in [-0.3, -0.25) is 19.7 Å². The summed E-state index contributed by atoms with van der Waals surface area (Å²) in [7, 11) is 3.86. The molecular weight excluding hydrogens is 410 g/mol. The van der Waals surface area contributed by atoms with E-state index in [1.165, 1.54) is 33.5 Å². The van der Waals surface area contributed by atoms with E-state index in [-0.39, 0.29) is 35.3 Å². The number of hydrogen-bond donors (Lipinski definition) is 2. The van der Waals surface area contributed by atoms with Crippen molar-refractivity contribution in [3.63, 3.8) is 0 Å². The summed E-state index contributed by atoms with van der Waals surface area (Å²) in [5, 5.41) is 16.8. The number of benzene rings is 2. The minimum absolute atomic E-state index is 0.00555. The largest absolute Gasteiger partial charge is 0.493 e. The highest BCUT2D eigenvalue weighted by Gasteiger charge is 2.32. The first-order valence-electron chi connectivity index (χ1n) is 9.14. The number of methoxy groups -OCH3 is 3. The maximum atomic E-state index is 12.9. The Kier molecular flexibility index (Phi) is 8.01. The fourth-order valence-electron chi connectivity index (χ4n) is 2.75. The molecule has 166 valence electrons. The van der Waals surface area contributed by atoms with Gasteiger partial charge in [0.05, 0.1) is 26.3 Å². The smallest absolute Gasteiger partial charge is 0.327 e. The lowest BCUT2D eigenvalue weighted by atomic mass is 10.1. The van der Waals surface area contributed by atoms with Crippen LogP contribution in [0, 0.1) is 10.1 Å². The molecule has 11 heteroatoms. The monoisotopic (exact) mass is 433 g/mol. The number of amides is 2. The van der Waals surface area contributed by atoms with Crippen molar-refractivity contribution in [1.82, 2.24) is 5.32 Å². The van der Waals surface area contributed by atoms with Crippen LogP contribution in [0.3, 0.4) is 0 Å².